The van der Waals surface area contributed by atoms with Crippen LogP contribution in [0.25, 0.3) is 0 Å². The molecule has 0 amide bonds. The Morgan fingerprint density at radius 2 is 1.06 bits per heavy atom. The van der Waals surface area contributed by atoms with Crippen LogP contribution in [0.2, 0.25) is 0 Å². The molecule has 8 nitrogen and oxygen atoms in total. The van der Waals surface area contributed by atoms with Gasteiger partial charge in [0.1, 0.15) is 6.61 Å². The fraction of sp³-hybridized carbons (Fsp3) is 0.587. The molecule has 0 aliphatic carbocycles. The number of carboxylic acids is 1. The zero-order chi connectivity index (χ0) is 40.0. The Bertz CT molecular complexity index is 1200. The molecule has 0 aliphatic rings. The summed E-state index contributed by atoms with van der Waals surface area (Å²) in [6.45, 7) is 4.45. The summed E-state index contributed by atoms with van der Waals surface area (Å²) in [5, 5.41) is 9.60. The Morgan fingerprint density at radius 3 is 1.61 bits per heavy atom. The molecule has 0 spiro atoms. The molecule has 0 radical (unpaired) electrons. The molecule has 0 bridgehead atoms. The van der Waals surface area contributed by atoms with Gasteiger partial charge >= 0.3 is 17.9 Å². The van der Waals surface area contributed by atoms with Gasteiger partial charge in [0.2, 0.25) is 0 Å². The molecule has 304 valence electrons. The van der Waals surface area contributed by atoms with Gasteiger partial charge < -0.3 is 23.8 Å². The van der Waals surface area contributed by atoms with Crippen LogP contribution in [-0.4, -0.2) is 80.6 Å². The van der Waals surface area contributed by atoms with E-state index in [1.165, 1.54) is 19.3 Å². The third-order valence-corrected chi connectivity index (χ3v) is 8.41. The van der Waals surface area contributed by atoms with Gasteiger partial charge in [-0.25, -0.2) is 4.79 Å². The number of likely N-dealkylation sites (N-methyl/N-ethyl adjacent to an activating group) is 1. The van der Waals surface area contributed by atoms with Gasteiger partial charge in [0.05, 0.1) is 34.4 Å². The summed E-state index contributed by atoms with van der Waals surface area (Å²) in [5.74, 6) is -1.56. The molecular weight excluding hydrogens is 679 g/mol. The highest BCUT2D eigenvalue weighted by Gasteiger charge is 2.31. The predicted octanol–water partition coefficient (Wildman–Crippen LogP) is 10.7. The first-order valence-electron chi connectivity index (χ1n) is 20.4. The van der Waals surface area contributed by atoms with E-state index in [0.717, 1.165) is 64.2 Å². The van der Waals surface area contributed by atoms with Gasteiger partial charge in [-0.2, -0.15) is 0 Å². The third-order valence-electron chi connectivity index (χ3n) is 8.41. The SMILES string of the molecule is CC/C=C/C=C/C=C/C=C/C=C/C=C/C=C/CCCCCC(=O)OC(COCCC(C(=O)O)[N+](C)(C)C)COC(=O)CCCCCCC/C=C/CCCC. The number of hydrogen-bond acceptors (Lipinski definition) is 6. The van der Waals surface area contributed by atoms with Crippen LogP contribution in [-0.2, 0) is 28.6 Å². The minimum Gasteiger partial charge on any atom is -0.477 e. The Labute approximate surface area is 328 Å². The Kier molecular flexibility index (Phi) is 33.7. The topological polar surface area (TPSA) is 99.1 Å². The Balaban J connectivity index is 4.54. The zero-order valence-corrected chi connectivity index (χ0v) is 34.4. The van der Waals surface area contributed by atoms with Gasteiger partial charge in [-0.1, -0.05) is 150 Å². The molecule has 8 heteroatoms. The summed E-state index contributed by atoms with van der Waals surface area (Å²) >= 11 is 0. The largest absolute Gasteiger partial charge is 0.477 e. The second kappa shape index (κ2) is 36.2. The first-order valence-corrected chi connectivity index (χ1v) is 20.4. The number of rotatable bonds is 34. The van der Waals surface area contributed by atoms with Gasteiger partial charge in [0, 0.05) is 19.3 Å². The average Bonchev–Trinajstić information content (AvgIpc) is 3.12. The van der Waals surface area contributed by atoms with Crippen molar-refractivity contribution in [2.45, 2.75) is 135 Å². The molecule has 0 fully saturated rings. The second-order valence-corrected chi connectivity index (χ2v) is 14.3. The van der Waals surface area contributed by atoms with E-state index in [9.17, 15) is 19.5 Å². The summed E-state index contributed by atoms with van der Waals surface area (Å²) in [6, 6.07) is -0.630. The summed E-state index contributed by atoms with van der Waals surface area (Å²) in [7, 11) is 5.48. The lowest BCUT2D eigenvalue weighted by Gasteiger charge is -2.31. The normalized spacial score (nSPS) is 14.0. The molecule has 0 aromatic rings. The van der Waals surface area contributed by atoms with Gasteiger partial charge in [-0.3, -0.25) is 9.59 Å². The average molecular weight is 753 g/mol. The van der Waals surface area contributed by atoms with E-state index in [4.69, 9.17) is 14.2 Å². The van der Waals surface area contributed by atoms with E-state index in [0.29, 0.717) is 19.3 Å². The van der Waals surface area contributed by atoms with E-state index in [2.05, 4.69) is 38.2 Å². The number of hydrogen-bond donors (Lipinski definition) is 1. The highest BCUT2D eigenvalue weighted by atomic mass is 16.6. The van der Waals surface area contributed by atoms with Gasteiger partial charge in [-0.15, -0.1) is 0 Å². The molecule has 0 aliphatic heterocycles. The lowest BCUT2D eigenvalue weighted by Crippen LogP contribution is -2.50. The quantitative estimate of drug-likeness (QED) is 0.0230. The molecule has 0 saturated carbocycles. The molecule has 0 aromatic carbocycles. The molecule has 54 heavy (non-hydrogen) atoms. The number of carbonyl (C=O) groups excluding carboxylic acids is 2. The summed E-state index contributed by atoms with van der Waals surface area (Å²) in [5.41, 5.74) is 0. The smallest absolute Gasteiger partial charge is 0.362 e. The molecule has 0 saturated heterocycles. The van der Waals surface area contributed by atoms with E-state index in [-0.39, 0.29) is 42.7 Å². The monoisotopic (exact) mass is 753 g/mol. The van der Waals surface area contributed by atoms with Crippen molar-refractivity contribution < 1.29 is 38.2 Å². The maximum absolute atomic E-state index is 12.7. The van der Waals surface area contributed by atoms with Crippen molar-refractivity contribution in [3.8, 4) is 0 Å². The van der Waals surface area contributed by atoms with Crippen LogP contribution >= 0.6 is 0 Å². The minimum atomic E-state index is -0.890. The highest BCUT2D eigenvalue weighted by Crippen LogP contribution is 2.12. The van der Waals surface area contributed by atoms with Crippen molar-refractivity contribution in [1.82, 2.24) is 0 Å². The number of aliphatic carboxylic acids is 1. The van der Waals surface area contributed by atoms with Gasteiger partial charge in [0.25, 0.3) is 0 Å². The third kappa shape index (κ3) is 34.0. The van der Waals surface area contributed by atoms with Crippen molar-refractivity contribution in [3.63, 3.8) is 0 Å². The number of carboxylic acid groups (broad SMARTS) is 1. The van der Waals surface area contributed by atoms with Crippen LogP contribution in [0.3, 0.4) is 0 Å². The molecule has 0 aromatic heterocycles. The molecular formula is C46H74NO7+. The number of unbranched alkanes of at least 4 members (excludes halogenated alkanes) is 10. The standard InChI is InChI=1S/C46H73NO7/c1-6-8-10-12-14-16-18-19-20-21-22-23-24-25-27-29-31-33-35-37-45(49)54-42(40-52-39-38-43(46(50)51)47(3,4)5)41-53-44(48)36-34-32-30-28-26-17-15-13-11-9-7-2/h8,10,12-16,18-25,27,42-43H,6-7,9,11,17,26,28-41H2,1-5H3/p+1/b10-8+,14-12+,15-13+,18-16+,20-19+,22-21+,24-23+,27-25+. The number of ether oxygens (including phenoxy) is 3. The fourth-order valence-corrected chi connectivity index (χ4v) is 5.23. The van der Waals surface area contributed by atoms with Crippen LogP contribution in [0.4, 0.5) is 0 Å². The van der Waals surface area contributed by atoms with Crippen molar-refractivity contribution in [3.05, 3.63) is 97.2 Å². The van der Waals surface area contributed by atoms with E-state index in [1.54, 1.807) is 0 Å². The van der Waals surface area contributed by atoms with Crippen molar-refractivity contribution in [2.24, 2.45) is 0 Å². The minimum absolute atomic E-state index is 0.0328. The number of allylic oxidation sites excluding steroid dienone is 16. The highest BCUT2D eigenvalue weighted by molar-refractivity contribution is 5.72. The molecule has 0 heterocycles. The van der Waals surface area contributed by atoms with Crippen molar-refractivity contribution >= 4 is 17.9 Å². The number of esters is 2. The van der Waals surface area contributed by atoms with Crippen LogP contribution in [0.5, 0.6) is 0 Å². The summed E-state index contributed by atoms with van der Waals surface area (Å²) in [4.78, 5) is 36.8. The van der Waals surface area contributed by atoms with E-state index in [1.807, 2.05) is 94.1 Å². The molecule has 0 rings (SSSR count). The molecule has 1 N–H and O–H groups in total. The summed E-state index contributed by atoms with van der Waals surface area (Å²) < 4.78 is 17.2. The maximum atomic E-state index is 12.7. The van der Waals surface area contributed by atoms with Gasteiger partial charge in [0.15, 0.2) is 12.1 Å². The number of quaternary nitrogens is 1. The lowest BCUT2D eigenvalue weighted by molar-refractivity contribution is -0.887. The predicted molar refractivity (Wildman–Crippen MR) is 224 cm³/mol. The van der Waals surface area contributed by atoms with Crippen LogP contribution in [0.1, 0.15) is 123 Å². The Hall–Kier alpha value is -3.75. The number of nitrogens with zero attached hydrogens (tertiary/aromatic N) is 1. The molecule has 2 atom stereocenters. The molecule has 2 unspecified atom stereocenters. The first kappa shape index (κ1) is 50.2. The van der Waals surface area contributed by atoms with Crippen molar-refractivity contribution in [1.29, 1.82) is 0 Å². The first-order chi connectivity index (χ1) is 26.1. The maximum Gasteiger partial charge on any atom is 0.362 e. The number of carbonyl (C=O) groups is 3. The van der Waals surface area contributed by atoms with Crippen LogP contribution in [0.15, 0.2) is 97.2 Å². The van der Waals surface area contributed by atoms with E-state index >= 15 is 0 Å². The van der Waals surface area contributed by atoms with Crippen molar-refractivity contribution in [2.75, 3.05) is 41.0 Å². The second-order valence-electron chi connectivity index (χ2n) is 14.3. The Morgan fingerprint density at radius 1 is 0.574 bits per heavy atom. The van der Waals surface area contributed by atoms with E-state index < -0.39 is 18.1 Å². The fourth-order valence-electron chi connectivity index (χ4n) is 5.23. The van der Waals surface area contributed by atoms with Crippen LogP contribution in [0, 0.1) is 0 Å². The lowest BCUT2D eigenvalue weighted by atomic mass is 10.1. The zero-order valence-electron chi connectivity index (χ0n) is 34.4. The van der Waals surface area contributed by atoms with Crippen LogP contribution < -0.4 is 0 Å². The summed E-state index contributed by atoms with van der Waals surface area (Å²) in [6.07, 6.45) is 47.3. The van der Waals surface area contributed by atoms with Gasteiger partial charge in [-0.05, 0) is 51.4 Å².